The number of hydrogen-bond acceptors (Lipinski definition) is 5. The van der Waals surface area contributed by atoms with E-state index in [1.165, 1.54) is 17.7 Å². The van der Waals surface area contributed by atoms with Crippen LogP contribution in [0.4, 0.5) is 5.69 Å². The lowest BCUT2D eigenvalue weighted by atomic mass is 10.1. The van der Waals surface area contributed by atoms with Crippen LogP contribution in [0.5, 0.6) is 0 Å². The molecule has 138 valence electrons. The Labute approximate surface area is 165 Å². The molecule has 0 saturated heterocycles. The standard InChI is InChI=1S/C22H16N2O3S/c1-15-2-4-16(5-3-15)20-14-28-22(23-20)13-11-19-10-12-21(27-19)17-6-8-18(9-7-17)24(25)26/h2-14H,1H3. The molecule has 0 aliphatic carbocycles. The molecule has 0 N–H and O–H groups in total. The summed E-state index contributed by atoms with van der Waals surface area (Å²) in [6.45, 7) is 2.06. The third kappa shape index (κ3) is 3.92. The summed E-state index contributed by atoms with van der Waals surface area (Å²) in [6, 6.07) is 18.3. The number of thiazole rings is 1. The number of non-ortho nitro benzene ring substituents is 1. The first-order chi connectivity index (χ1) is 13.6. The Morgan fingerprint density at radius 3 is 2.39 bits per heavy atom. The van der Waals surface area contributed by atoms with E-state index >= 15 is 0 Å². The second kappa shape index (κ2) is 7.62. The number of aryl methyl sites for hydroxylation is 1. The molecule has 4 rings (SSSR count). The number of benzene rings is 2. The maximum Gasteiger partial charge on any atom is 0.269 e. The largest absolute Gasteiger partial charge is 0.457 e. The summed E-state index contributed by atoms with van der Waals surface area (Å²) in [5, 5.41) is 13.7. The summed E-state index contributed by atoms with van der Waals surface area (Å²) in [6.07, 6.45) is 3.79. The van der Waals surface area contributed by atoms with Gasteiger partial charge in [-0.1, -0.05) is 29.8 Å². The van der Waals surface area contributed by atoms with Gasteiger partial charge < -0.3 is 4.42 Å². The Bertz CT molecular complexity index is 1140. The molecule has 0 atom stereocenters. The highest BCUT2D eigenvalue weighted by atomic mass is 32.1. The van der Waals surface area contributed by atoms with Gasteiger partial charge >= 0.3 is 0 Å². The van der Waals surface area contributed by atoms with Gasteiger partial charge in [-0.25, -0.2) is 4.98 Å². The van der Waals surface area contributed by atoms with Gasteiger partial charge in [0.25, 0.3) is 5.69 Å². The highest BCUT2D eigenvalue weighted by molar-refractivity contribution is 7.10. The summed E-state index contributed by atoms with van der Waals surface area (Å²) >= 11 is 1.57. The van der Waals surface area contributed by atoms with Crippen molar-refractivity contribution in [2.24, 2.45) is 0 Å². The van der Waals surface area contributed by atoms with E-state index in [4.69, 9.17) is 4.42 Å². The van der Waals surface area contributed by atoms with Gasteiger partial charge in [-0.2, -0.15) is 0 Å². The fraction of sp³-hybridized carbons (Fsp3) is 0.0455. The van der Waals surface area contributed by atoms with Crippen molar-refractivity contribution in [2.75, 3.05) is 0 Å². The number of aromatic nitrogens is 1. The zero-order valence-corrected chi connectivity index (χ0v) is 15.8. The topological polar surface area (TPSA) is 69.2 Å². The molecule has 0 aliphatic heterocycles. The number of nitro benzene ring substituents is 1. The predicted molar refractivity (Wildman–Crippen MR) is 112 cm³/mol. The fourth-order valence-electron chi connectivity index (χ4n) is 2.72. The molecular formula is C22H16N2O3S. The first kappa shape index (κ1) is 17.9. The summed E-state index contributed by atoms with van der Waals surface area (Å²) in [5.41, 5.74) is 4.13. The van der Waals surface area contributed by atoms with Crippen molar-refractivity contribution in [3.05, 3.63) is 92.5 Å². The number of furan rings is 1. The Morgan fingerprint density at radius 1 is 0.964 bits per heavy atom. The van der Waals surface area contributed by atoms with E-state index in [0.29, 0.717) is 11.5 Å². The fourth-order valence-corrected chi connectivity index (χ4v) is 3.44. The minimum Gasteiger partial charge on any atom is -0.457 e. The summed E-state index contributed by atoms with van der Waals surface area (Å²) in [4.78, 5) is 15.0. The highest BCUT2D eigenvalue weighted by Gasteiger charge is 2.08. The van der Waals surface area contributed by atoms with Crippen molar-refractivity contribution >= 4 is 29.2 Å². The van der Waals surface area contributed by atoms with Gasteiger partial charge in [0.05, 0.1) is 10.6 Å². The SMILES string of the molecule is Cc1ccc(-c2csc(C=Cc3ccc(-c4ccc([N+](=O)[O-])cc4)o3)n2)cc1. The van der Waals surface area contributed by atoms with Crippen LogP contribution in [0.2, 0.25) is 0 Å². The number of rotatable bonds is 5. The van der Waals surface area contributed by atoms with Gasteiger partial charge in [0.15, 0.2) is 0 Å². The van der Waals surface area contributed by atoms with Crippen molar-refractivity contribution in [3.8, 4) is 22.6 Å². The van der Waals surface area contributed by atoms with Gasteiger partial charge in [0, 0.05) is 28.6 Å². The lowest BCUT2D eigenvalue weighted by Crippen LogP contribution is -1.86. The zero-order chi connectivity index (χ0) is 19.5. The molecule has 5 nitrogen and oxygen atoms in total. The average molecular weight is 388 g/mol. The van der Waals surface area contributed by atoms with Crippen LogP contribution in [-0.2, 0) is 0 Å². The van der Waals surface area contributed by atoms with E-state index in [9.17, 15) is 10.1 Å². The molecule has 0 saturated carbocycles. The molecule has 0 spiro atoms. The van der Waals surface area contributed by atoms with E-state index in [0.717, 1.165) is 21.8 Å². The lowest BCUT2D eigenvalue weighted by molar-refractivity contribution is -0.384. The first-order valence-electron chi connectivity index (χ1n) is 8.64. The second-order valence-corrected chi connectivity index (χ2v) is 7.17. The van der Waals surface area contributed by atoms with Crippen molar-refractivity contribution < 1.29 is 9.34 Å². The number of nitro groups is 1. The van der Waals surface area contributed by atoms with Crippen molar-refractivity contribution in [1.82, 2.24) is 4.98 Å². The second-order valence-electron chi connectivity index (χ2n) is 6.28. The molecule has 6 heteroatoms. The third-order valence-corrected chi connectivity index (χ3v) is 5.06. The monoisotopic (exact) mass is 388 g/mol. The lowest BCUT2D eigenvalue weighted by Gasteiger charge is -1.96. The summed E-state index contributed by atoms with van der Waals surface area (Å²) in [7, 11) is 0. The van der Waals surface area contributed by atoms with Crippen LogP contribution in [-0.4, -0.2) is 9.91 Å². The number of hydrogen-bond donors (Lipinski definition) is 0. The van der Waals surface area contributed by atoms with E-state index in [1.807, 2.05) is 29.7 Å². The van der Waals surface area contributed by atoms with E-state index in [1.54, 1.807) is 23.5 Å². The van der Waals surface area contributed by atoms with Gasteiger partial charge in [0.1, 0.15) is 16.5 Å². The normalized spacial score (nSPS) is 11.2. The molecule has 2 aromatic heterocycles. The van der Waals surface area contributed by atoms with Crippen LogP contribution in [0.15, 0.2) is 70.5 Å². The van der Waals surface area contributed by atoms with Gasteiger partial charge in [-0.3, -0.25) is 10.1 Å². The highest BCUT2D eigenvalue weighted by Crippen LogP contribution is 2.26. The zero-order valence-electron chi connectivity index (χ0n) is 15.0. The third-order valence-electron chi connectivity index (χ3n) is 4.25. The Hall–Kier alpha value is -3.51. The van der Waals surface area contributed by atoms with Crippen LogP contribution < -0.4 is 0 Å². The number of nitrogens with zero attached hydrogens (tertiary/aromatic N) is 2. The molecule has 0 unspecified atom stereocenters. The molecular weight excluding hydrogens is 372 g/mol. The van der Waals surface area contributed by atoms with Crippen LogP contribution in [0.1, 0.15) is 16.3 Å². The van der Waals surface area contributed by atoms with E-state index in [-0.39, 0.29) is 5.69 Å². The van der Waals surface area contributed by atoms with Gasteiger partial charge in [-0.05, 0) is 43.3 Å². The van der Waals surface area contributed by atoms with Crippen molar-refractivity contribution in [1.29, 1.82) is 0 Å². The molecule has 28 heavy (non-hydrogen) atoms. The maximum absolute atomic E-state index is 10.7. The maximum atomic E-state index is 10.7. The Balaban J connectivity index is 1.48. The van der Waals surface area contributed by atoms with E-state index < -0.39 is 4.92 Å². The molecule has 4 aromatic rings. The average Bonchev–Trinajstić information content (AvgIpc) is 3.37. The van der Waals surface area contributed by atoms with Crippen LogP contribution in [0.25, 0.3) is 34.7 Å². The van der Waals surface area contributed by atoms with Crippen LogP contribution >= 0.6 is 11.3 Å². The molecule has 2 heterocycles. The van der Waals surface area contributed by atoms with Crippen molar-refractivity contribution in [2.45, 2.75) is 6.92 Å². The molecule has 0 aliphatic rings. The molecule has 0 fully saturated rings. The van der Waals surface area contributed by atoms with Crippen molar-refractivity contribution in [3.63, 3.8) is 0 Å². The smallest absolute Gasteiger partial charge is 0.269 e. The molecule has 2 aromatic carbocycles. The Morgan fingerprint density at radius 2 is 1.68 bits per heavy atom. The molecule has 0 radical (unpaired) electrons. The molecule has 0 bridgehead atoms. The van der Waals surface area contributed by atoms with E-state index in [2.05, 4.69) is 36.2 Å². The first-order valence-corrected chi connectivity index (χ1v) is 9.52. The summed E-state index contributed by atoms with van der Waals surface area (Å²) < 4.78 is 5.82. The predicted octanol–water partition coefficient (Wildman–Crippen LogP) is 6.46. The molecule has 0 amide bonds. The quantitative estimate of drug-likeness (QED) is 0.291. The van der Waals surface area contributed by atoms with Crippen LogP contribution in [0.3, 0.4) is 0 Å². The minimum absolute atomic E-state index is 0.0589. The Kier molecular flexibility index (Phi) is 4.87. The summed E-state index contributed by atoms with van der Waals surface area (Å²) in [5.74, 6) is 1.36. The van der Waals surface area contributed by atoms with Crippen LogP contribution in [0, 0.1) is 17.0 Å². The minimum atomic E-state index is -0.418. The van der Waals surface area contributed by atoms with Gasteiger partial charge in [-0.15, -0.1) is 11.3 Å². The van der Waals surface area contributed by atoms with Gasteiger partial charge in [0.2, 0.25) is 0 Å².